The smallest absolute Gasteiger partial charge is 0.336 e. The Labute approximate surface area is 216 Å². The lowest BCUT2D eigenvalue weighted by molar-refractivity contribution is 0.0988. The minimum atomic E-state index is -0.541. The number of ether oxygens (including phenoxy) is 2. The number of Topliss-reactive ketones (excluding diaryl/α,β-unsaturated/α-hetero) is 1. The zero-order valence-electron chi connectivity index (χ0n) is 20.1. The molecule has 4 aromatic rings. The average Bonchev–Trinajstić information content (AvgIpc) is 3.43. The summed E-state index contributed by atoms with van der Waals surface area (Å²) in [5, 5.41) is 21.3. The van der Waals surface area contributed by atoms with Crippen molar-refractivity contribution in [1.82, 2.24) is 9.88 Å². The Bertz CT molecular complexity index is 1420. The topological polar surface area (TPSA) is 122 Å². The van der Waals surface area contributed by atoms with Crippen LogP contribution in [-0.4, -0.2) is 59.3 Å². The van der Waals surface area contributed by atoms with Gasteiger partial charge in [0.1, 0.15) is 17.1 Å². The number of ketones is 1. The molecule has 4 rings (SSSR count). The van der Waals surface area contributed by atoms with Gasteiger partial charge in [-0.15, -0.1) is 11.3 Å². The second-order valence-corrected chi connectivity index (χ2v) is 8.92. The van der Waals surface area contributed by atoms with Gasteiger partial charge in [0.2, 0.25) is 0 Å². The molecule has 2 heterocycles. The number of aliphatic hydroxyl groups excluding tert-OH is 2. The second-order valence-electron chi connectivity index (χ2n) is 8.02. The SMILES string of the molecule is COc1ccc(/C=C(\Oc2ccc3c(CN(CCO)CCO)cc(=O)oc3c2)C(=O)c2nccs2)cc1. The maximum Gasteiger partial charge on any atom is 0.336 e. The van der Waals surface area contributed by atoms with Crippen molar-refractivity contribution in [3.05, 3.63) is 92.4 Å². The molecule has 0 unspecified atom stereocenters. The van der Waals surface area contributed by atoms with Gasteiger partial charge in [-0.2, -0.15) is 0 Å². The zero-order valence-corrected chi connectivity index (χ0v) is 20.9. The van der Waals surface area contributed by atoms with E-state index in [1.165, 1.54) is 17.4 Å². The summed E-state index contributed by atoms with van der Waals surface area (Å²) < 4.78 is 16.6. The third-order valence-corrected chi connectivity index (χ3v) is 6.29. The maximum absolute atomic E-state index is 13.2. The molecule has 192 valence electrons. The lowest BCUT2D eigenvalue weighted by Gasteiger charge is -2.20. The minimum absolute atomic E-state index is 0.0510. The summed E-state index contributed by atoms with van der Waals surface area (Å²) in [6, 6.07) is 13.5. The zero-order chi connectivity index (χ0) is 26.2. The molecule has 2 aromatic heterocycles. The first-order valence-corrected chi connectivity index (χ1v) is 12.4. The predicted molar refractivity (Wildman–Crippen MR) is 140 cm³/mol. The number of thiazole rings is 1. The Morgan fingerprint density at radius 1 is 1.08 bits per heavy atom. The number of aromatic nitrogens is 1. The number of rotatable bonds is 12. The van der Waals surface area contributed by atoms with Crippen LogP contribution >= 0.6 is 11.3 Å². The van der Waals surface area contributed by atoms with E-state index in [1.54, 1.807) is 67.2 Å². The Morgan fingerprint density at radius 2 is 1.81 bits per heavy atom. The molecule has 9 nitrogen and oxygen atoms in total. The van der Waals surface area contributed by atoms with Crippen LogP contribution in [0.25, 0.3) is 17.0 Å². The number of hydrogen-bond acceptors (Lipinski definition) is 10. The third-order valence-electron chi connectivity index (χ3n) is 5.52. The van der Waals surface area contributed by atoms with E-state index < -0.39 is 5.63 Å². The molecule has 2 aromatic carbocycles. The number of aliphatic hydroxyl groups is 2. The monoisotopic (exact) mass is 522 g/mol. The van der Waals surface area contributed by atoms with Crippen LogP contribution in [0.15, 0.2) is 75.1 Å². The normalized spacial score (nSPS) is 11.7. The van der Waals surface area contributed by atoms with Crippen LogP contribution in [0.5, 0.6) is 11.5 Å². The highest BCUT2D eigenvalue weighted by molar-refractivity contribution is 7.11. The van der Waals surface area contributed by atoms with Gasteiger partial charge in [0.05, 0.1) is 20.3 Å². The summed E-state index contributed by atoms with van der Waals surface area (Å²) in [7, 11) is 1.58. The predicted octanol–water partition coefficient (Wildman–Crippen LogP) is 3.35. The summed E-state index contributed by atoms with van der Waals surface area (Å²) >= 11 is 1.20. The molecular formula is C27H26N2O7S. The van der Waals surface area contributed by atoms with Gasteiger partial charge in [0, 0.05) is 48.7 Å². The number of carbonyl (C=O) groups is 1. The minimum Gasteiger partial charge on any atom is -0.497 e. The Morgan fingerprint density at radius 3 is 2.46 bits per heavy atom. The van der Waals surface area contributed by atoms with E-state index >= 15 is 0 Å². The van der Waals surface area contributed by atoms with E-state index in [1.807, 2.05) is 4.90 Å². The molecule has 0 fully saturated rings. The first-order chi connectivity index (χ1) is 18.0. The van der Waals surface area contributed by atoms with Gasteiger partial charge in [-0.3, -0.25) is 9.69 Å². The lowest BCUT2D eigenvalue weighted by Crippen LogP contribution is -2.29. The summed E-state index contributed by atoms with van der Waals surface area (Å²) in [5.74, 6) is 0.655. The van der Waals surface area contributed by atoms with Crippen molar-refractivity contribution in [1.29, 1.82) is 0 Å². The van der Waals surface area contributed by atoms with Gasteiger partial charge in [-0.05, 0) is 41.5 Å². The molecule has 2 N–H and O–H groups in total. The molecule has 0 aliphatic rings. The van der Waals surface area contributed by atoms with Crippen LogP contribution in [0, 0.1) is 0 Å². The van der Waals surface area contributed by atoms with Crippen molar-refractivity contribution < 1.29 is 28.9 Å². The summed E-state index contributed by atoms with van der Waals surface area (Å²) in [6.07, 6.45) is 3.16. The van der Waals surface area contributed by atoms with Crippen LogP contribution in [0.1, 0.15) is 20.9 Å². The average molecular weight is 523 g/mol. The van der Waals surface area contributed by atoms with Gasteiger partial charge in [-0.1, -0.05) is 12.1 Å². The van der Waals surface area contributed by atoms with Crippen LogP contribution in [-0.2, 0) is 6.54 Å². The van der Waals surface area contributed by atoms with Gasteiger partial charge in [-0.25, -0.2) is 9.78 Å². The van der Waals surface area contributed by atoms with Crippen molar-refractivity contribution in [2.24, 2.45) is 0 Å². The Kier molecular flexibility index (Phi) is 8.81. The van der Waals surface area contributed by atoms with E-state index in [9.17, 15) is 19.8 Å². The molecule has 0 aliphatic heterocycles. The standard InChI is InChI=1S/C27H26N2O7S/c1-34-20-4-2-18(3-5-20)14-24(26(33)27-28-8-13-37-27)35-21-6-7-22-19(15-25(32)36-23(22)16-21)17-29(9-11-30)10-12-31/h2-8,13-16,30-31H,9-12,17H2,1H3/b24-14-. The first-order valence-electron chi connectivity index (χ1n) is 11.5. The van der Waals surface area contributed by atoms with Gasteiger partial charge < -0.3 is 24.1 Å². The number of benzene rings is 2. The van der Waals surface area contributed by atoms with Gasteiger partial charge in [0.25, 0.3) is 5.78 Å². The second kappa shape index (κ2) is 12.4. The van der Waals surface area contributed by atoms with Gasteiger partial charge in [0.15, 0.2) is 10.8 Å². The van der Waals surface area contributed by atoms with Crippen molar-refractivity contribution >= 4 is 34.2 Å². The number of carbonyl (C=O) groups excluding carboxylic acids is 1. The summed E-state index contributed by atoms with van der Waals surface area (Å²) in [4.78, 5) is 31.4. The number of nitrogens with zero attached hydrogens (tertiary/aromatic N) is 2. The van der Waals surface area contributed by atoms with Gasteiger partial charge >= 0.3 is 5.63 Å². The molecule has 0 radical (unpaired) electrons. The Hall–Kier alpha value is -3.83. The molecule has 37 heavy (non-hydrogen) atoms. The summed E-state index contributed by atoms with van der Waals surface area (Å²) in [6.45, 7) is 0.889. The third kappa shape index (κ3) is 6.69. The van der Waals surface area contributed by atoms with Crippen LogP contribution in [0.2, 0.25) is 0 Å². The maximum atomic E-state index is 13.2. The van der Waals surface area contributed by atoms with Crippen molar-refractivity contribution in [2.45, 2.75) is 6.54 Å². The molecule has 0 atom stereocenters. The largest absolute Gasteiger partial charge is 0.497 e. The number of allylic oxidation sites excluding steroid dienone is 1. The van der Waals surface area contributed by atoms with E-state index in [2.05, 4.69) is 4.98 Å². The highest BCUT2D eigenvalue weighted by Crippen LogP contribution is 2.27. The molecule has 0 aliphatic carbocycles. The van der Waals surface area contributed by atoms with E-state index in [-0.39, 0.29) is 29.8 Å². The molecular weight excluding hydrogens is 496 g/mol. The molecule has 0 spiro atoms. The van der Waals surface area contributed by atoms with E-state index in [0.717, 1.165) is 5.56 Å². The fourth-order valence-electron chi connectivity index (χ4n) is 3.76. The lowest BCUT2D eigenvalue weighted by atomic mass is 10.1. The van der Waals surface area contributed by atoms with E-state index in [0.29, 0.717) is 47.7 Å². The molecule has 0 bridgehead atoms. The molecule has 0 saturated carbocycles. The Balaban J connectivity index is 1.68. The summed E-state index contributed by atoms with van der Waals surface area (Å²) in [5.41, 5.74) is 1.16. The van der Waals surface area contributed by atoms with Crippen LogP contribution in [0.4, 0.5) is 0 Å². The highest BCUT2D eigenvalue weighted by Gasteiger charge is 2.19. The quantitative estimate of drug-likeness (QED) is 0.125. The fourth-order valence-corrected chi connectivity index (χ4v) is 4.34. The molecule has 10 heteroatoms. The van der Waals surface area contributed by atoms with Crippen LogP contribution in [0.3, 0.4) is 0 Å². The van der Waals surface area contributed by atoms with Crippen LogP contribution < -0.4 is 15.1 Å². The fraction of sp³-hybridized carbons (Fsp3) is 0.222. The number of fused-ring (bicyclic) bond motifs is 1. The van der Waals surface area contributed by atoms with Crippen molar-refractivity contribution in [3.8, 4) is 11.5 Å². The van der Waals surface area contributed by atoms with Crippen molar-refractivity contribution in [3.63, 3.8) is 0 Å². The van der Waals surface area contributed by atoms with Crippen molar-refractivity contribution in [2.75, 3.05) is 33.4 Å². The van der Waals surface area contributed by atoms with E-state index in [4.69, 9.17) is 13.9 Å². The first kappa shape index (κ1) is 26.2. The highest BCUT2D eigenvalue weighted by atomic mass is 32.1. The number of hydrogen-bond donors (Lipinski definition) is 2. The molecule has 0 amide bonds. The molecule has 0 saturated heterocycles. The number of methoxy groups -OCH3 is 1.